The number of nitrogens with zero attached hydrogens (tertiary/aromatic N) is 1. The zero-order chi connectivity index (χ0) is 44.3. The van der Waals surface area contributed by atoms with Gasteiger partial charge in [0, 0.05) is 12.2 Å². The maximum Gasteiger partial charge on any atom is 0.472 e. The summed E-state index contributed by atoms with van der Waals surface area (Å²) >= 11 is 0. The predicted molar refractivity (Wildman–Crippen MR) is 252 cm³/mol. The highest BCUT2D eigenvalue weighted by molar-refractivity contribution is 7.47. The highest BCUT2D eigenvalue weighted by atomic mass is 31.2. The van der Waals surface area contributed by atoms with Gasteiger partial charge < -0.3 is 18.9 Å². The summed E-state index contributed by atoms with van der Waals surface area (Å²) in [5, 5.41) is 0. The molecular formula is C50H93NO8P+. The molecule has 0 bridgehead atoms. The van der Waals surface area contributed by atoms with E-state index in [2.05, 4.69) is 19.9 Å². The highest BCUT2D eigenvalue weighted by Crippen LogP contribution is 2.43. The summed E-state index contributed by atoms with van der Waals surface area (Å²) in [6.07, 6.45) is 51.4. The second kappa shape index (κ2) is 42.3. The molecule has 0 saturated carbocycles. The Morgan fingerprint density at radius 1 is 0.517 bits per heavy atom. The van der Waals surface area contributed by atoms with E-state index in [1.54, 1.807) is 18.2 Å². The molecule has 10 heteroatoms. The minimum absolute atomic E-state index is 0.00564. The fourth-order valence-electron chi connectivity index (χ4n) is 6.72. The Morgan fingerprint density at radius 2 is 0.933 bits per heavy atom. The first-order chi connectivity index (χ1) is 29.0. The number of carbonyl (C=O) groups is 2. The van der Waals surface area contributed by atoms with Crippen LogP contribution in [0.3, 0.4) is 0 Å². The number of carbonyl (C=O) groups excluding carboxylic acids is 2. The largest absolute Gasteiger partial charge is 0.472 e. The van der Waals surface area contributed by atoms with E-state index < -0.39 is 32.5 Å². The lowest BCUT2D eigenvalue weighted by Gasteiger charge is -2.24. The van der Waals surface area contributed by atoms with E-state index in [0.29, 0.717) is 11.0 Å². The molecule has 0 aromatic heterocycles. The normalized spacial score (nSPS) is 13.9. The Balaban J connectivity index is 4.42. The van der Waals surface area contributed by atoms with Gasteiger partial charge in [0.05, 0.1) is 27.7 Å². The van der Waals surface area contributed by atoms with Crippen LogP contribution in [0.1, 0.15) is 206 Å². The van der Waals surface area contributed by atoms with Gasteiger partial charge in [-0.15, -0.1) is 0 Å². The molecule has 0 rings (SSSR count). The maximum absolute atomic E-state index is 12.6. The zero-order valence-corrected chi connectivity index (χ0v) is 40.3. The summed E-state index contributed by atoms with van der Waals surface area (Å²) < 4.78 is 34.0. The number of phosphoric ester groups is 1. The number of hydrogen-bond donors (Lipinski definition) is 1. The van der Waals surface area contributed by atoms with Crippen molar-refractivity contribution in [1.82, 2.24) is 0 Å². The average Bonchev–Trinajstić information content (AvgIpc) is 3.20. The molecule has 0 aliphatic carbocycles. The SMILES string of the molecule is CCCCCCCCCCC/C=C\C=C\C=CC(=O)OC[C@H](COP(=O)(O)OCC[N+](C)(C)C)OC(=O)C=CCCCCCCCCCCCCCCCCCCCCC. The van der Waals surface area contributed by atoms with Gasteiger partial charge in [-0.05, 0) is 25.7 Å². The molecule has 350 valence electrons. The topological polar surface area (TPSA) is 108 Å². The number of allylic oxidation sites excluding steroid dienone is 6. The van der Waals surface area contributed by atoms with Crippen molar-refractivity contribution < 1.29 is 42.1 Å². The monoisotopic (exact) mass is 867 g/mol. The number of unbranched alkanes of at least 4 members (excludes halogenated alkanes) is 28. The molecule has 0 amide bonds. The van der Waals surface area contributed by atoms with Crippen LogP contribution in [0.4, 0.5) is 0 Å². The van der Waals surface area contributed by atoms with Crippen LogP contribution < -0.4 is 0 Å². The first-order valence-corrected chi connectivity index (χ1v) is 25.9. The highest BCUT2D eigenvalue weighted by Gasteiger charge is 2.26. The summed E-state index contributed by atoms with van der Waals surface area (Å²) in [5.41, 5.74) is 0. The molecule has 0 spiro atoms. The second-order valence-electron chi connectivity index (χ2n) is 17.6. The molecule has 0 aliphatic rings. The van der Waals surface area contributed by atoms with E-state index in [1.807, 2.05) is 33.3 Å². The smallest absolute Gasteiger partial charge is 0.458 e. The molecule has 0 aromatic carbocycles. The van der Waals surface area contributed by atoms with Crippen molar-refractivity contribution in [3.8, 4) is 0 Å². The average molecular weight is 867 g/mol. The minimum atomic E-state index is -4.42. The fraction of sp³-hybridized carbons (Fsp3) is 0.800. The van der Waals surface area contributed by atoms with Gasteiger partial charge >= 0.3 is 19.8 Å². The zero-order valence-electron chi connectivity index (χ0n) is 39.4. The fourth-order valence-corrected chi connectivity index (χ4v) is 7.46. The van der Waals surface area contributed by atoms with Crippen molar-refractivity contribution in [1.29, 1.82) is 0 Å². The van der Waals surface area contributed by atoms with Gasteiger partial charge in [-0.2, -0.15) is 0 Å². The van der Waals surface area contributed by atoms with Gasteiger partial charge in [-0.25, -0.2) is 14.2 Å². The molecule has 0 saturated heterocycles. The molecule has 1 N–H and O–H groups in total. The van der Waals surface area contributed by atoms with Crippen LogP contribution in [-0.2, 0) is 32.7 Å². The van der Waals surface area contributed by atoms with Gasteiger partial charge in [-0.3, -0.25) is 9.05 Å². The van der Waals surface area contributed by atoms with Gasteiger partial charge in [0.2, 0.25) is 0 Å². The number of likely N-dealkylation sites (N-methyl/N-ethyl adjacent to an activating group) is 1. The van der Waals surface area contributed by atoms with Gasteiger partial charge in [0.15, 0.2) is 6.10 Å². The standard InChI is InChI=1S/C50H92NO8P/c1-6-8-10-12-14-16-18-20-22-23-24-25-26-27-29-31-33-35-37-39-41-43-50(53)59-48(47-58-60(54,55)57-45-44-51(3,4)5)46-56-49(52)42-40-38-36-34-32-30-28-21-19-17-15-13-11-9-7-2/h32,34,36,38,40-43,48H,6-31,33,35,37,39,44-47H2,1-5H3/p+1/b34-32-,38-36+,42-40?,43-41?/t48-/m1/s1. The first kappa shape index (κ1) is 58.0. The molecule has 0 fully saturated rings. The molecule has 0 heterocycles. The summed E-state index contributed by atoms with van der Waals surface area (Å²) in [4.78, 5) is 35.2. The van der Waals surface area contributed by atoms with Gasteiger partial charge in [0.1, 0.15) is 19.8 Å². The molecule has 1 unspecified atom stereocenters. The maximum atomic E-state index is 12.6. The van der Waals surface area contributed by atoms with Crippen molar-refractivity contribution >= 4 is 19.8 Å². The van der Waals surface area contributed by atoms with Crippen molar-refractivity contribution in [2.75, 3.05) is 47.5 Å². The second-order valence-corrected chi connectivity index (χ2v) is 19.1. The van der Waals surface area contributed by atoms with Crippen molar-refractivity contribution in [3.05, 3.63) is 48.6 Å². The number of ether oxygens (including phenoxy) is 2. The van der Waals surface area contributed by atoms with Crippen LogP contribution in [0.15, 0.2) is 48.6 Å². The Bertz CT molecular complexity index is 1160. The minimum Gasteiger partial charge on any atom is -0.458 e. The third-order valence-corrected chi connectivity index (χ3v) is 11.5. The lowest BCUT2D eigenvalue weighted by Crippen LogP contribution is -2.37. The van der Waals surface area contributed by atoms with Crippen molar-refractivity contribution in [2.24, 2.45) is 0 Å². The van der Waals surface area contributed by atoms with E-state index in [0.717, 1.165) is 25.7 Å². The van der Waals surface area contributed by atoms with E-state index in [1.165, 1.54) is 179 Å². The van der Waals surface area contributed by atoms with Crippen molar-refractivity contribution in [3.63, 3.8) is 0 Å². The molecule has 0 aliphatic heterocycles. The lowest BCUT2D eigenvalue weighted by molar-refractivity contribution is -0.870. The van der Waals surface area contributed by atoms with Crippen LogP contribution in [0, 0.1) is 0 Å². The Hall–Kier alpha value is -2.03. The van der Waals surface area contributed by atoms with Crippen molar-refractivity contribution in [2.45, 2.75) is 213 Å². The van der Waals surface area contributed by atoms with Crippen LogP contribution in [0.2, 0.25) is 0 Å². The molecular weight excluding hydrogens is 774 g/mol. The molecule has 2 atom stereocenters. The van der Waals surface area contributed by atoms with E-state index in [4.69, 9.17) is 18.5 Å². The lowest BCUT2D eigenvalue weighted by atomic mass is 10.0. The Morgan fingerprint density at radius 3 is 1.38 bits per heavy atom. The molecule has 0 aromatic rings. The summed E-state index contributed by atoms with van der Waals surface area (Å²) in [7, 11) is 1.39. The number of esters is 2. The Labute approximate surface area is 369 Å². The third-order valence-electron chi connectivity index (χ3n) is 10.5. The summed E-state index contributed by atoms with van der Waals surface area (Å²) in [6.45, 7) is 4.20. The molecule has 9 nitrogen and oxygen atoms in total. The predicted octanol–water partition coefficient (Wildman–Crippen LogP) is 14.2. The molecule has 60 heavy (non-hydrogen) atoms. The first-order valence-electron chi connectivity index (χ1n) is 24.4. The Kier molecular flexibility index (Phi) is 40.8. The number of rotatable bonds is 44. The third kappa shape index (κ3) is 45.5. The van der Waals surface area contributed by atoms with Gasteiger partial charge in [0.25, 0.3) is 0 Å². The summed E-state index contributed by atoms with van der Waals surface area (Å²) in [6, 6.07) is 0. The number of phosphoric acid groups is 1. The van der Waals surface area contributed by atoms with Gasteiger partial charge in [-0.1, -0.05) is 217 Å². The van der Waals surface area contributed by atoms with Crippen LogP contribution in [0.25, 0.3) is 0 Å². The van der Waals surface area contributed by atoms with E-state index in [-0.39, 0.29) is 13.2 Å². The van der Waals surface area contributed by atoms with E-state index >= 15 is 0 Å². The number of hydrogen-bond acceptors (Lipinski definition) is 7. The molecule has 0 radical (unpaired) electrons. The van der Waals surface area contributed by atoms with Crippen LogP contribution in [-0.4, -0.2) is 74.9 Å². The number of quaternary nitrogens is 1. The summed E-state index contributed by atoms with van der Waals surface area (Å²) in [5.74, 6) is -1.27. The van der Waals surface area contributed by atoms with Crippen LogP contribution >= 0.6 is 7.82 Å². The van der Waals surface area contributed by atoms with Crippen LogP contribution in [0.5, 0.6) is 0 Å². The van der Waals surface area contributed by atoms with E-state index in [9.17, 15) is 19.0 Å². The quantitative estimate of drug-likeness (QED) is 0.0161.